The van der Waals surface area contributed by atoms with Crippen LogP contribution in [0.2, 0.25) is 0 Å². The van der Waals surface area contributed by atoms with Crippen LogP contribution < -0.4 is 29.7 Å². The zero-order valence-electron chi connectivity index (χ0n) is 21.1. The summed E-state index contributed by atoms with van der Waals surface area (Å²) >= 11 is 0.874. The summed E-state index contributed by atoms with van der Waals surface area (Å²) in [7, 11) is 4.62. The van der Waals surface area contributed by atoms with E-state index in [0.29, 0.717) is 70.9 Å². The van der Waals surface area contributed by atoms with Crippen molar-refractivity contribution in [3.8, 4) is 23.1 Å². The highest BCUT2D eigenvalue weighted by Gasteiger charge is 2.21. The number of benzene rings is 2. The molecule has 11 nitrogen and oxygen atoms in total. The Morgan fingerprint density at radius 3 is 2.45 bits per heavy atom. The summed E-state index contributed by atoms with van der Waals surface area (Å²) in [5.74, 6) is 1.47. The molecule has 3 heterocycles. The number of hydrogen-bond donors (Lipinski definition) is 1. The monoisotopic (exact) mass is 538 g/mol. The van der Waals surface area contributed by atoms with Gasteiger partial charge in [-0.15, -0.1) is 0 Å². The lowest BCUT2D eigenvalue weighted by atomic mass is 10.1. The van der Waals surface area contributed by atoms with E-state index in [0.717, 1.165) is 21.1 Å². The summed E-state index contributed by atoms with van der Waals surface area (Å²) in [6, 6.07) is 9.01. The first-order chi connectivity index (χ1) is 18.4. The highest BCUT2D eigenvalue weighted by atomic mass is 32.1. The van der Waals surface area contributed by atoms with Crippen LogP contribution in [-0.2, 0) is 16.1 Å². The maximum atomic E-state index is 12.6. The molecule has 198 valence electrons. The topological polar surface area (TPSA) is 124 Å². The zero-order chi connectivity index (χ0) is 26.8. The number of aliphatic imine (C=N–C) groups is 1. The van der Waals surface area contributed by atoms with Crippen molar-refractivity contribution >= 4 is 34.8 Å². The third-order valence-electron chi connectivity index (χ3n) is 6.22. The predicted molar refractivity (Wildman–Crippen MR) is 141 cm³/mol. The Balaban J connectivity index is 1.43. The fourth-order valence-electron chi connectivity index (χ4n) is 4.25. The van der Waals surface area contributed by atoms with Gasteiger partial charge in [0.2, 0.25) is 17.5 Å². The fourth-order valence-corrected chi connectivity index (χ4v) is 5.10. The minimum atomic E-state index is -0.408. The van der Waals surface area contributed by atoms with Crippen molar-refractivity contribution in [2.45, 2.75) is 6.54 Å². The summed E-state index contributed by atoms with van der Waals surface area (Å²) < 4.78 is 22.6. The van der Waals surface area contributed by atoms with Crippen LogP contribution in [0, 0.1) is 0 Å². The molecule has 0 atom stereocenters. The summed E-state index contributed by atoms with van der Waals surface area (Å²) in [6.45, 7) is 1.64. The number of fused-ring (bicyclic) bond motifs is 1. The Kier molecular flexibility index (Phi) is 7.16. The van der Waals surface area contributed by atoms with Gasteiger partial charge in [-0.25, -0.2) is 9.98 Å². The number of morpholine rings is 1. The van der Waals surface area contributed by atoms with Crippen molar-refractivity contribution in [1.82, 2.24) is 9.47 Å². The van der Waals surface area contributed by atoms with Gasteiger partial charge in [0, 0.05) is 18.7 Å². The van der Waals surface area contributed by atoms with E-state index >= 15 is 0 Å². The molecule has 5 rings (SSSR count). The molecule has 0 bridgehead atoms. The molecule has 1 aromatic heterocycles. The first kappa shape index (κ1) is 25.5. The minimum absolute atomic E-state index is 0.222. The molecule has 0 spiro atoms. The van der Waals surface area contributed by atoms with Gasteiger partial charge in [-0.3, -0.25) is 14.2 Å². The van der Waals surface area contributed by atoms with Crippen molar-refractivity contribution in [3.63, 3.8) is 0 Å². The highest BCUT2D eigenvalue weighted by Crippen LogP contribution is 2.38. The van der Waals surface area contributed by atoms with Gasteiger partial charge in [-0.05, 0) is 35.6 Å². The Hall–Kier alpha value is -4.16. The van der Waals surface area contributed by atoms with E-state index in [1.807, 2.05) is 18.2 Å². The van der Waals surface area contributed by atoms with Crippen LogP contribution in [-0.4, -0.2) is 73.9 Å². The Morgan fingerprint density at radius 1 is 1.08 bits per heavy atom. The molecular weight excluding hydrogens is 512 g/mol. The molecule has 2 aliphatic heterocycles. The molecular formula is C26H26N4O7S. The first-order valence-electron chi connectivity index (χ1n) is 11.8. The Bertz CT molecular complexity index is 1580. The number of thiazole rings is 1. The lowest BCUT2D eigenvalue weighted by Crippen LogP contribution is -2.43. The Labute approximate surface area is 221 Å². The van der Waals surface area contributed by atoms with Crippen molar-refractivity contribution in [2.75, 3.05) is 47.6 Å². The molecule has 1 N–H and O–H groups in total. The maximum Gasteiger partial charge on any atom is 0.311 e. The number of carbonyl (C=O) groups is 1. The van der Waals surface area contributed by atoms with E-state index in [2.05, 4.69) is 9.98 Å². The lowest BCUT2D eigenvalue weighted by Gasteiger charge is -2.26. The van der Waals surface area contributed by atoms with Crippen LogP contribution in [0.1, 0.15) is 10.4 Å². The standard InChI is InChI=1S/C26H26N4O7S/c1-34-19-12-16(13-20(35-2)23(19)36-3)24-27-17-5-4-15(10-18(17)28-24)11-21-25(32)30(26(33)38-21)14-22(31)29-6-8-37-9-7-29/h4-5,10-13,32H,6-9,14H2,1-3H3. The third kappa shape index (κ3) is 4.87. The van der Waals surface area contributed by atoms with E-state index in [1.165, 1.54) is 7.11 Å². The number of ether oxygens (including phenoxy) is 4. The fraction of sp³-hybridized carbons (Fsp3) is 0.308. The quantitative estimate of drug-likeness (QED) is 0.477. The molecule has 1 fully saturated rings. The molecule has 12 heteroatoms. The summed E-state index contributed by atoms with van der Waals surface area (Å²) in [5.41, 5.74) is 1.33. The predicted octanol–water partition coefficient (Wildman–Crippen LogP) is 1.04. The largest absolute Gasteiger partial charge is 0.493 e. The minimum Gasteiger partial charge on any atom is -0.493 e. The van der Waals surface area contributed by atoms with E-state index < -0.39 is 4.87 Å². The molecule has 0 aliphatic carbocycles. The molecule has 0 saturated carbocycles. The second kappa shape index (κ2) is 10.7. The van der Waals surface area contributed by atoms with Crippen LogP contribution in [0.25, 0.3) is 6.08 Å². The average molecular weight is 539 g/mol. The van der Waals surface area contributed by atoms with Crippen molar-refractivity contribution in [2.24, 2.45) is 9.98 Å². The SMILES string of the molecule is COc1cc(C2=Nc3cc(=Cc4sc(=O)n(CC(=O)N5CCOCC5)c4O)ccc3=N2)cc(OC)c1OC. The zero-order valence-corrected chi connectivity index (χ0v) is 21.9. The lowest BCUT2D eigenvalue weighted by molar-refractivity contribution is -0.136. The van der Waals surface area contributed by atoms with Gasteiger partial charge in [0.25, 0.3) is 0 Å². The number of aromatic nitrogens is 1. The van der Waals surface area contributed by atoms with Gasteiger partial charge in [-0.2, -0.15) is 0 Å². The number of aromatic hydroxyl groups is 1. The molecule has 0 unspecified atom stereocenters. The van der Waals surface area contributed by atoms with Gasteiger partial charge in [-0.1, -0.05) is 17.4 Å². The van der Waals surface area contributed by atoms with Crippen LogP contribution in [0.3, 0.4) is 0 Å². The maximum absolute atomic E-state index is 12.6. The van der Waals surface area contributed by atoms with Gasteiger partial charge in [0.1, 0.15) is 6.54 Å². The Morgan fingerprint density at radius 2 is 1.79 bits per heavy atom. The van der Waals surface area contributed by atoms with Gasteiger partial charge in [0.05, 0.1) is 50.5 Å². The summed E-state index contributed by atoms with van der Waals surface area (Å²) in [4.78, 5) is 36.0. The second-order valence-electron chi connectivity index (χ2n) is 8.49. The van der Waals surface area contributed by atoms with Gasteiger partial charge >= 0.3 is 4.87 Å². The summed E-state index contributed by atoms with van der Waals surface area (Å²) in [6.07, 6.45) is 1.68. The van der Waals surface area contributed by atoms with Gasteiger partial charge < -0.3 is 29.0 Å². The normalized spacial score (nSPS) is 15.1. The van der Waals surface area contributed by atoms with E-state index in [-0.39, 0.29) is 18.3 Å². The molecule has 3 aromatic rings. The van der Waals surface area contributed by atoms with E-state index in [9.17, 15) is 14.7 Å². The van der Waals surface area contributed by atoms with E-state index in [1.54, 1.807) is 37.3 Å². The van der Waals surface area contributed by atoms with Crippen LogP contribution >= 0.6 is 11.3 Å². The molecule has 1 saturated heterocycles. The van der Waals surface area contributed by atoms with Crippen molar-refractivity contribution in [3.05, 3.63) is 61.0 Å². The number of carbonyl (C=O) groups excluding carboxylic acids is 1. The molecule has 2 aromatic carbocycles. The van der Waals surface area contributed by atoms with Crippen molar-refractivity contribution in [1.29, 1.82) is 0 Å². The number of nitrogens with zero attached hydrogens (tertiary/aromatic N) is 4. The highest BCUT2D eigenvalue weighted by molar-refractivity contribution is 7.10. The smallest absolute Gasteiger partial charge is 0.311 e. The number of hydrogen-bond acceptors (Lipinski definition) is 10. The van der Waals surface area contributed by atoms with Crippen LogP contribution in [0.15, 0.2) is 45.1 Å². The number of methoxy groups -OCH3 is 3. The van der Waals surface area contributed by atoms with Gasteiger partial charge in [0.15, 0.2) is 17.3 Å². The number of amides is 1. The third-order valence-corrected chi connectivity index (χ3v) is 7.14. The molecule has 0 radical (unpaired) electrons. The number of rotatable bonds is 7. The average Bonchev–Trinajstić information content (AvgIpc) is 3.48. The first-order valence-corrected chi connectivity index (χ1v) is 12.6. The molecule has 1 amide bonds. The molecule has 38 heavy (non-hydrogen) atoms. The van der Waals surface area contributed by atoms with Crippen molar-refractivity contribution < 1.29 is 28.8 Å². The van der Waals surface area contributed by atoms with Crippen LogP contribution in [0.4, 0.5) is 5.69 Å². The summed E-state index contributed by atoms with van der Waals surface area (Å²) in [5, 5.41) is 12.1. The van der Waals surface area contributed by atoms with E-state index in [4.69, 9.17) is 18.9 Å². The van der Waals surface area contributed by atoms with Crippen LogP contribution in [0.5, 0.6) is 23.1 Å². The number of amidine groups is 1. The molecule has 2 aliphatic rings. The second-order valence-corrected chi connectivity index (χ2v) is 9.48.